The maximum atomic E-state index is 13.1. The number of nitrogens with zero attached hydrogens (tertiary/aromatic N) is 3. The number of carbonyl (C=O) groups excluding carboxylic acids is 2. The van der Waals surface area contributed by atoms with Gasteiger partial charge in [0.2, 0.25) is 0 Å². The maximum Gasteiger partial charge on any atom is 0.338 e. The molecule has 11 heteroatoms. The molecule has 0 aliphatic carbocycles. The number of thioether (sulfide) groups is 1. The Hall–Kier alpha value is -4.22. The van der Waals surface area contributed by atoms with Crippen LogP contribution in [0.4, 0.5) is 0 Å². The van der Waals surface area contributed by atoms with Crippen LogP contribution in [0.5, 0.6) is 0 Å². The van der Waals surface area contributed by atoms with E-state index < -0.39 is 35.9 Å². The number of hydrogen-bond donors (Lipinski definition) is 0. The van der Waals surface area contributed by atoms with E-state index in [9.17, 15) is 19.2 Å². The first-order valence-electron chi connectivity index (χ1n) is 13.0. The van der Waals surface area contributed by atoms with E-state index in [2.05, 4.69) is 4.98 Å². The molecule has 0 N–H and O–H groups in total. The molecule has 2 aromatic carbocycles. The van der Waals surface area contributed by atoms with Crippen molar-refractivity contribution in [3.8, 4) is 0 Å². The standard InChI is InChI=1S/C30H29N3O7S/c1-17-5-9-19(10-6-17)29(36)38-16-23-22(40-30(37)20-11-7-18(2)8-12-20)14-25(39-23)33-21-13-26(41-4)32(3)28(35)27(21)31-15-24(33)34/h5-13,15,22-23,25H,14,16H2,1-4H3/t22-,23-,25-/m0/s1. The minimum Gasteiger partial charge on any atom is -0.459 e. The second-order valence-electron chi connectivity index (χ2n) is 9.89. The molecule has 0 saturated carbocycles. The van der Waals surface area contributed by atoms with E-state index in [1.807, 2.05) is 20.1 Å². The average molecular weight is 576 g/mol. The summed E-state index contributed by atoms with van der Waals surface area (Å²) in [5, 5.41) is 0.632. The van der Waals surface area contributed by atoms with Crippen LogP contribution < -0.4 is 11.1 Å². The van der Waals surface area contributed by atoms with Gasteiger partial charge in [-0.15, -0.1) is 11.8 Å². The second kappa shape index (κ2) is 11.7. The van der Waals surface area contributed by atoms with Gasteiger partial charge in [-0.25, -0.2) is 14.6 Å². The summed E-state index contributed by atoms with van der Waals surface area (Å²) in [5.41, 5.74) is 2.29. The number of ether oxygens (including phenoxy) is 3. The van der Waals surface area contributed by atoms with Gasteiger partial charge in [0.1, 0.15) is 25.0 Å². The molecule has 1 saturated heterocycles. The van der Waals surface area contributed by atoms with Gasteiger partial charge < -0.3 is 18.8 Å². The predicted molar refractivity (Wildman–Crippen MR) is 153 cm³/mol. The van der Waals surface area contributed by atoms with Crippen molar-refractivity contribution in [2.75, 3.05) is 12.9 Å². The molecular formula is C30H29N3O7S. The fourth-order valence-electron chi connectivity index (χ4n) is 4.71. The summed E-state index contributed by atoms with van der Waals surface area (Å²) < 4.78 is 20.4. The average Bonchev–Trinajstić information content (AvgIpc) is 3.35. The molecular weight excluding hydrogens is 546 g/mol. The van der Waals surface area contributed by atoms with E-state index in [4.69, 9.17) is 14.2 Å². The largest absolute Gasteiger partial charge is 0.459 e. The second-order valence-corrected chi connectivity index (χ2v) is 10.7. The van der Waals surface area contributed by atoms with Gasteiger partial charge in [0.15, 0.2) is 5.52 Å². The number of aromatic nitrogens is 3. The minimum absolute atomic E-state index is 0.0905. The molecule has 0 radical (unpaired) electrons. The van der Waals surface area contributed by atoms with Gasteiger partial charge >= 0.3 is 11.9 Å². The van der Waals surface area contributed by atoms with Crippen molar-refractivity contribution in [3.63, 3.8) is 0 Å². The number of fused-ring (bicyclic) bond motifs is 1. The van der Waals surface area contributed by atoms with Crippen LogP contribution in [0.3, 0.4) is 0 Å². The molecule has 0 spiro atoms. The zero-order valence-corrected chi connectivity index (χ0v) is 23.8. The summed E-state index contributed by atoms with van der Waals surface area (Å²) >= 11 is 1.35. The fourth-order valence-corrected chi connectivity index (χ4v) is 5.29. The van der Waals surface area contributed by atoms with Gasteiger partial charge in [0.05, 0.1) is 27.9 Å². The highest BCUT2D eigenvalue weighted by atomic mass is 32.2. The first-order chi connectivity index (χ1) is 19.7. The number of carbonyl (C=O) groups is 2. The van der Waals surface area contributed by atoms with Crippen LogP contribution in [-0.2, 0) is 21.3 Å². The number of benzene rings is 2. The lowest BCUT2D eigenvalue weighted by molar-refractivity contribution is -0.0569. The number of hydrogen-bond acceptors (Lipinski definition) is 9. The van der Waals surface area contributed by atoms with E-state index in [-0.39, 0.29) is 24.1 Å². The van der Waals surface area contributed by atoms with E-state index in [1.54, 1.807) is 61.6 Å². The molecule has 1 fully saturated rings. The van der Waals surface area contributed by atoms with Crippen LogP contribution >= 0.6 is 11.8 Å². The van der Waals surface area contributed by atoms with Crippen molar-refractivity contribution in [2.45, 2.75) is 43.7 Å². The third-order valence-corrected chi connectivity index (χ3v) is 7.84. The monoisotopic (exact) mass is 575 g/mol. The summed E-state index contributed by atoms with van der Waals surface area (Å²) in [4.78, 5) is 55.9. The third kappa shape index (κ3) is 5.82. The molecule has 5 rings (SSSR count). The highest BCUT2D eigenvalue weighted by Crippen LogP contribution is 2.33. The molecule has 3 heterocycles. The van der Waals surface area contributed by atoms with E-state index >= 15 is 0 Å². The third-order valence-electron chi connectivity index (χ3n) is 7.03. The van der Waals surface area contributed by atoms with Crippen LogP contribution in [-0.4, -0.2) is 51.1 Å². The van der Waals surface area contributed by atoms with Crippen LogP contribution in [0.25, 0.3) is 11.0 Å². The Balaban J connectivity index is 1.46. The van der Waals surface area contributed by atoms with Gasteiger partial charge in [0, 0.05) is 13.5 Å². The van der Waals surface area contributed by atoms with Gasteiger partial charge in [-0.1, -0.05) is 35.4 Å². The summed E-state index contributed by atoms with van der Waals surface area (Å²) in [6.45, 7) is 3.61. The normalized spacial score (nSPS) is 18.4. The minimum atomic E-state index is -0.909. The topological polar surface area (TPSA) is 119 Å². The first kappa shape index (κ1) is 28.3. The van der Waals surface area contributed by atoms with Crippen molar-refractivity contribution in [1.29, 1.82) is 0 Å². The Morgan fingerprint density at radius 3 is 2.22 bits per heavy atom. The van der Waals surface area contributed by atoms with E-state index in [0.717, 1.165) is 17.3 Å². The maximum absolute atomic E-state index is 13.1. The smallest absolute Gasteiger partial charge is 0.338 e. The zero-order valence-electron chi connectivity index (χ0n) is 23.0. The Labute approximate surface area is 239 Å². The fraction of sp³-hybridized carbons (Fsp3) is 0.300. The van der Waals surface area contributed by atoms with Gasteiger partial charge in [-0.05, 0) is 50.4 Å². The first-order valence-corrected chi connectivity index (χ1v) is 14.2. The van der Waals surface area contributed by atoms with Crippen molar-refractivity contribution < 1.29 is 23.8 Å². The Morgan fingerprint density at radius 1 is 1.00 bits per heavy atom. The lowest BCUT2D eigenvalue weighted by atomic mass is 10.1. The highest BCUT2D eigenvalue weighted by molar-refractivity contribution is 7.98. The van der Waals surface area contributed by atoms with Gasteiger partial charge in [0.25, 0.3) is 11.1 Å². The molecule has 2 aromatic heterocycles. The molecule has 4 aromatic rings. The Bertz CT molecular complexity index is 1730. The molecule has 41 heavy (non-hydrogen) atoms. The molecule has 1 aliphatic rings. The molecule has 10 nitrogen and oxygen atoms in total. The molecule has 1 aliphatic heterocycles. The molecule has 212 valence electrons. The Kier molecular flexibility index (Phi) is 8.09. The van der Waals surface area contributed by atoms with Gasteiger partial charge in [-0.2, -0.15) is 0 Å². The molecule has 0 unspecified atom stereocenters. The highest BCUT2D eigenvalue weighted by Gasteiger charge is 2.41. The molecule has 0 bridgehead atoms. The SMILES string of the molecule is CSc1cc2c(ncc(=O)n2[C@@H]2C[C@H](OC(=O)c3ccc(C)cc3)[C@H](COC(=O)c3ccc(C)cc3)O2)c(=O)n1C. The van der Waals surface area contributed by atoms with Crippen molar-refractivity contribution >= 4 is 34.7 Å². The molecule has 3 atom stereocenters. The van der Waals surface area contributed by atoms with Crippen molar-refractivity contribution in [3.05, 3.63) is 104 Å². The number of esters is 2. The zero-order chi connectivity index (χ0) is 29.3. The predicted octanol–water partition coefficient (Wildman–Crippen LogP) is 3.80. The summed E-state index contributed by atoms with van der Waals surface area (Å²) in [6.07, 6.45) is 0.363. The van der Waals surface area contributed by atoms with Gasteiger partial charge in [-0.3, -0.25) is 14.2 Å². The van der Waals surface area contributed by atoms with Crippen LogP contribution in [0.1, 0.15) is 44.5 Å². The van der Waals surface area contributed by atoms with E-state index in [0.29, 0.717) is 21.7 Å². The number of aryl methyl sites for hydroxylation is 2. The number of pyridine rings is 1. The lowest BCUT2D eigenvalue weighted by Crippen LogP contribution is -2.32. The quantitative estimate of drug-likeness (QED) is 0.239. The Morgan fingerprint density at radius 2 is 1.61 bits per heavy atom. The summed E-state index contributed by atoms with van der Waals surface area (Å²) in [7, 11) is 1.63. The summed E-state index contributed by atoms with van der Waals surface area (Å²) in [5.74, 6) is -1.13. The van der Waals surface area contributed by atoms with Crippen LogP contribution in [0.15, 0.2) is 75.4 Å². The summed E-state index contributed by atoms with van der Waals surface area (Å²) in [6, 6.07) is 15.6. The lowest BCUT2D eigenvalue weighted by Gasteiger charge is -2.19. The van der Waals surface area contributed by atoms with Crippen LogP contribution in [0.2, 0.25) is 0 Å². The van der Waals surface area contributed by atoms with Crippen LogP contribution in [0, 0.1) is 13.8 Å². The number of rotatable bonds is 7. The molecule has 0 amide bonds. The van der Waals surface area contributed by atoms with Crippen molar-refractivity contribution in [2.24, 2.45) is 7.05 Å². The van der Waals surface area contributed by atoms with E-state index in [1.165, 1.54) is 20.9 Å². The van der Waals surface area contributed by atoms with Crippen molar-refractivity contribution in [1.82, 2.24) is 14.1 Å².